The monoisotopic (exact) mass is 569 g/mol. The normalized spacial score (nSPS) is 23.2. The number of amides is 2. The second-order valence-corrected chi connectivity index (χ2v) is 11.8. The highest BCUT2D eigenvalue weighted by molar-refractivity contribution is 6.02. The number of halogens is 2. The number of ether oxygens (including phenoxy) is 1. The van der Waals surface area contributed by atoms with Crippen LogP contribution in [0.1, 0.15) is 55.3 Å². The Morgan fingerprint density at radius 2 is 1.98 bits per heavy atom. The van der Waals surface area contributed by atoms with Crippen LogP contribution >= 0.6 is 0 Å². The first kappa shape index (κ1) is 27.6. The fraction of sp³-hybridized carbons (Fsp3) is 0.586. The van der Waals surface area contributed by atoms with E-state index in [0.717, 1.165) is 43.7 Å². The van der Waals surface area contributed by atoms with Crippen LogP contribution in [0.25, 0.3) is 0 Å². The average Bonchev–Trinajstić information content (AvgIpc) is 3.37. The molecular formula is C29H37F2N7O3. The number of alkyl halides is 2. The SMILES string of the molecule is COc1cc(C(=O)NCC2CC23CCNCC3)ccc1Nc1ncc2c(n1)N(C1CCCC1)CC(F)(F)C(=O)N2C. The highest BCUT2D eigenvalue weighted by atomic mass is 19.3. The third kappa shape index (κ3) is 5.29. The lowest BCUT2D eigenvalue weighted by Crippen LogP contribution is -2.48. The van der Waals surface area contributed by atoms with Crippen molar-refractivity contribution in [2.45, 2.75) is 56.9 Å². The number of fused-ring (bicyclic) bond motifs is 1. The van der Waals surface area contributed by atoms with Crippen LogP contribution in [0.5, 0.6) is 5.75 Å². The summed E-state index contributed by atoms with van der Waals surface area (Å²) in [5, 5.41) is 9.60. The number of methoxy groups -OCH3 is 1. The molecule has 4 aliphatic rings. The van der Waals surface area contributed by atoms with Crippen LogP contribution in [-0.4, -0.2) is 74.1 Å². The molecule has 2 aliphatic carbocycles. The molecule has 2 saturated carbocycles. The van der Waals surface area contributed by atoms with Gasteiger partial charge in [-0.05, 0) is 74.7 Å². The van der Waals surface area contributed by atoms with Gasteiger partial charge in [-0.15, -0.1) is 0 Å². The molecule has 1 saturated heterocycles. The number of nitrogens with one attached hydrogen (secondary N) is 3. The molecule has 2 amide bonds. The Kier molecular flexibility index (Phi) is 7.21. The first-order valence-corrected chi connectivity index (χ1v) is 14.4. The average molecular weight is 570 g/mol. The van der Waals surface area contributed by atoms with Crippen LogP contribution in [0, 0.1) is 11.3 Å². The Morgan fingerprint density at radius 3 is 2.71 bits per heavy atom. The van der Waals surface area contributed by atoms with E-state index >= 15 is 0 Å². The Bertz CT molecular complexity index is 1330. The van der Waals surface area contributed by atoms with Gasteiger partial charge < -0.3 is 30.5 Å². The third-order valence-electron chi connectivity index (χ3n) is 9.31. The van der Waals surface area contributed by atoms with E-state index in [9.17, 15) is 18.4 Å². The quantitative estimate of drug-likeness (QED) is 0.463. The fourth-order valence-corrected chi connectivity index (χ4v) is 6.74. The van der Waals surface area contributed by atoms with Gasteiger partial charge in [-0.25, -0.2) is 4.98 Å². The highest BCUT2D eigenvalue weighted by Crippen LogP contribution is 2.58. The minimum atomic E-state index is -3.54. The van der Waals surface area contributed by atoms with Crippen LogP contribution in [0.15, 0.2) is 24.4 Å². The number of rotatable bonds is 7. The van der Waals surface area contributed by atoms with Gasteiger partial charge in [-0.1, -0.05) is 12.8 Å². The van der Waals surface area contributed by atoms with Crippen LogP contribution in [-0.2, 0) is 4.79 Å². The Labute approximate surface area is 238 Å². The lowest BCUT2D eigenvalue weighted by atomic mass is 9.92. The van der Waals surface area contributed by atoms with Gasteiger partial charge in [0, 0.05) is 25.2 Å². The van der Waals surface area contributed by atoms with Gasteiger partial charge in [0.05, 0.1) is 25.5 Å². The lowest BCUT2D eigenvalue weighted by molar-refractivity contribution is -0.140. The van der Waals surface area contributed by atoms with Gasteiger partial charge in [0.1, 0.15) is 11.4 Å². The predicted octanol–water partition coefficient (Wildman–Crippen LogP) is 3.71. The van der Waals surface area contributed by atoms with Gasteiger partial charge in [-0.3, -0.25) is 9.59 Å². The second-order valence-electron chi connectivity index (χ2n) is 11.8. The van der Waals surface area contributed by atoms with E-state index in [1.807, 2.05) is 0 Å². The summed E-state index contributed by atoms with van der Waals surface area (Å²) in [6, 6.07) is 4.95. The highest BCUT2D eigenvalue weighted by Gasteiger charge is 2.53. The Balaban J connectivity index is 1.19. The number of benzene rings is 1. The van der Waals surface area contributed by atoms with E-state index < -0.39 is 18.4 Å². The number of aromatic nitrogens is 2. The maximum atomic E-state index is 14.9. The van der Waals surface area contributed by atoms with Gasteiger partial charge in [0.2, 0.25) is 5.95 Å². The van der Waals surface area contributed by atoms with E-state index in [0.29, 0.717) is 40.7 Å². The molecule has 3 N–H and O–H groups in total. The molecule has 0 bridgehead atoms. The van der Waals surface area contributed by atoms with Crippen LogP contribution < -0.4 is 30.5 Å². The lowest BCUT2D eigenvalue weighted by Gasteiger charge is -2.31. The van der Waals surface area contributed by atoms with E-state index in [1.165, 1.54) is 39.6 Å². The molecule has 41 heavy (non-hydrogen) atoms. The number of piperidine rings is 1. The molecule has 1 aromatic carbocycles. The minimum Gasteiger partial charge on any atom is -0.495 e. The van der Waals surface area contributed by atoms with Crippen LogP contribution in [0.4, 0.5) is 31.9 Å². The molecule has 1 unspecified atom stereocenters. The van der Waals surface area contributed by atoms with E-state index in [2.05, 4.69) is 25.9 Å². The molecule has 220 valence electrons. The fourth-order valence-electron chi connectivity index (χ4n) is 6.74. The van der Waals surface area contributed by atoms with Crippen molar-refractivity contribution in [3.8, 4) is 5.75 Å². The standard InChI is InChI=1S/C29H37F2N7O3/c1-37-22-16-34-27(36-24(22)38(20-5-3-4-6-20)17-29(30,31)26(37)40)35-21-8-7-18(13-23(21)41-2)25(39)33-15-19-14-28(19)9-11-32-12-10-28/h7-8,13,16,19-20,32H,3-6,9-12,14-15,17H2,1-2H3,(H,33,39)(H,34,35,36). The zero-order valence-electron chi connectivity index (χ0n) is 23.5. The minimum absolute atomic E-state index is 0.130. The molecule has 1 spiro atoms. The van der Waals surface area contributed by atoms with Crippen molar-refractivity contribution in [2.75, 3.05) is 55.5 Å². The molecule has 1 aromatic heterocycles. The summed E-state index contributed by atoms with van der Waals surface area (Å²) in [4.78, 5) is 36.9. The number of anilines is 4. The summed E-state index contributed by atoms with van der Waals surface area (Å²) in [5.41, 5.74) is 1.63. The molecular weight excluding hydrogens is 532 g/mol. The maximum absolute atomic E-state index is 14.9. The van der Waals surface area contributed by atoms with Crippen LogP contribution in [0.2, 0.25) is 0 Å². The topological polar surface area (TPSA) is 112 Å². The molecule has 10 nitrogen and oxygen atoms in total. The Morgan fingerprint density at radius 1 is 1.22 bits per heavy atom. The first-order chi connectivity index (χ1) is 19.7. The van der Waals surface area contributed by atoms with Gasteiger partial charge >= 0.3 is 5.92 Å². The third-order valence-corrected chi connectivity index (χ3v) is 9.31. The molecule has 3 fully saturated rings. The van der Waals surface area contributed by atoms with Gasteiger partial charge in [-0.2, -0.15) is 13.8 Å². The summed E-state index contributed by atoms with van der Waals surface area (Å²) in [7, 11) is 2.83. The summed E-state index contributed by atoms with van der Waals surface area (Å²) in [6.07, 6.45) is 8.30. The van der Waals surface area contributed by atoms with Crippen molar-refractivity contribution in [1.29, 1.82) is 0 Å². The molecule has 6 rings (SSSR count). The molecule has 1 atom stereocenters. The number of hydrogen-bond donors (Lipinski definition) is 3. The van der Waals surface area contributed by atoms with Gasteiger partial charge in [0.25, 0.3) is 11.8 Å². The van der Waals surface area contributed by atoms with Crippen molar-refractivity contribution in [3.63, 3.8) is 0 Å². The number of carbonyl (C=O) groups excluding carboxylic acids is 2. The zero-order chi connectivity index (χ0) is 28.8. The number of nitrogens with zero attached hydrogens (tertiary/aromatic N) is 4. The molecule has 2 aromatic rings. The maximum Gasteiger partial charge on any atom is 0.342 e. The smallest absolute Gasteiger partial charge is 0.342 e. The van der Waals surface area contributed by atoms with Crippen molar-refractivity contribution >= 4 is 35.0 Å². The Hall–Kier alpha value is -3.54. The predicted molar refractivity (Wildman–Crippen MR) is 151 cm³/mol. The van der Waals surface area contributed by atoms with Gasteiger partial charge in [0.15, 0.2) is 5.82 Å². The summed E-state index contributed by atoms with van der Waals surface area (Å²) >= 11 is 0. The summed E-state index contributed by atoms with van der Waals surface area (Å²) in [6.45, 7) is 2.03. The largest absolute Gasteiger partial charge is 0.495 e. The molecule has 3 heterocycles. The molecule has 2 aliphatic heterocycles. The van der Waals surface area contributed by atoms with Crippen molar-refractivity contribution < 1.29 is 23.1 Å². The number of hydrogen-bond acceptors (Lipinski definition) is 8. The van der Waals surface area contributed by atoms with E-state index in [-0.39, 0.29) is 23.6 Å². The van der Waals surface area contributed by atoms with Crippen molar-refractivity contribution in [3.05, 3.63) is 30.0 Å². The van der Waals surface area contributed by atoms with Crippen molar-refractivity contribution in [2.24, 2.45) is 11.3 Å². The second kappa shape index (κ2) is 10.7. The molecule has 12 heteroatoms. The van der Waals surface area contributed by atoms with Crippen molar-refractivity contribution in [1.82, 2.24) is 20.6 Å². The summed E-state index contributed by atoms with van der Waals surface area (Å²) in [5.74, 6) is -3.56. The zero-order valence-corrected chi connectivity index (χ0v) is 23.5. The summed E-state index contributed by atoms with van der Waals surface area (Å²) < 4.78 is 35.3. The van der Waals surface area contributed by atoms with E-state index in [1.54, 1.807) is 23.1 Å². The van der Waals surface area contributed by atoms with E-state index in [4.69, 9.17) is 4.74 Å². The van der Waals surface area contributed by atoms with Crippen LogP contribution in [0.3, 0.4) is 0 Å². The molecule has 0 radical (unpaired) electrons. The number of carbonyl (C=O) groups is 2. The first-order valence-electron chi connectivity index (χ1n) is 14.4.